The molecule has 0 aromatic rings. The van der Waals surface area contributed by atoms with Crippen molar-refractivity contribution in [3.05, 3.63) is 0 Å². The quantitative estimate of drug-likeness (QED) is 0.436. The van der Waals surface area contributed by atoms with Gasteiger partial charge in [-0.05, 0) is 5.75 Å². The number of halogens is 7. The second-order valence-electron chi connectivity index (χ2n) is 3.58. The summed E-state index contributed by atoms with van der Waals surface area (Å²) in [5.74, 6) is -0.277. The van der Waals surface area contributed by atoms with Gasteiger partial charge in [0, 0.05) is 12.2 Å². The maximum absolute atomic E-state index is 13.1. The first-order chi connectivity index (χ1) is 7.58. The van der Waals surface area contributed by atoms with E-state index in [9.17, 15) is 30.7 Å². The van der Waals surface area contributed by atoms with Crippen LogP contribution in [0, 0.1) is 0 Å². The van der Waals surface area contributed by atoms with Crippen molar-refractivity contribution in [2.75, 3.05) is 18.1 Å². The van der Waals surface area contributed by atoms with Gasteiger partial charge in [0.1, 0.15) is 0 Å². The van der Waals surface area contributed by atoms with E-state index in [-0.39, 0.29) is 11.9 Å². The molecule has 1 atom stereocenters. The Balaban J connectivity index is 2.51. The summed E-state index contributed by atoms with van der Waals surface area (Å²) < 4.78 is 90.2. The lowest BCUT2D eigenvalue weighted by Crippen LogP contribution is -2.53. The molecule has 1 saturated heterocycles. The van der Waals surface area contributed by atoms with Crippen molar-refractivity contribution < 1.29 is 35.5 Å². The predicted octanol–water partition coefficient (Wildman–Crippen LogP) is 3.34. The van der Waals surface area contributed by atoms with Gasteiger partial charge in [-0.15, -0.1) is 0 Å². The van der Waals surface area contributed by atoms with Gasteiger partial charge in [0.2, 0.25) is 0 Å². The lowest BCUT2D eigenvalue weighted by atomic mass is 10.0. The third-order valence-corrected chi connectivity index (χ3v) is 3.30. The van der Waals surface area contributed by atoms with Crippen molar-refractivity contribution in [1.29, 1.82) is 0 Å². The van der Waals surface area contributed by atoms with E-state index in [1.807, 2.05) is 0 Å². The fourth-order valence-electron chi connectivity index (χ4n) is 1.04. The molecule has 1 nitrogen and oxygen atoms in total. The molecule has 1 fully saturated rings. The van der Waals surface area contributed by atoms with E-state index in [0.717, 1.165) is 11.8 Å². The second kappa shape index (κ2) is 4.83. The van der Waals surface area contributed by atoms with E-state index in [0.29, 0.717) is 6.61 Å². The van der Waals surface area contributed by atoms with Crippen molar-refractivity contribution in [2.45, 2.75) is 30.5 Å². The van der Waals surface area contributed by atoms with Gasteiger partial charge in [0.05, 0.1) is 12.7 Å². The van der Waals surface area contributed by atoms with E-state index in [2.05, 4.69) is 0 Å². The van der Waals surface area contributed by atoms with Gasteiger partial charge in [0.15, 0.2) is 0 Å². The first-order valence-corrected chi connectivity index (χ1v) is 5.75. The maximum Gasteiger partial charge on any atom is 0.431 e. The normalized spacial score (nSPS) is 21.7. The van der Waals surface area contributed by atoms with Crippen molar-refractivity contribution >= 4 is 11.8 Å². The zero-order valence-corrected chi connectivity index (χ0v) is 9.18. The Morgan fingerprint density at radius 1 is 1.00 bits per heavy atom. The fraction of sp³-hybridized carbons (Fsp3) is 1.00. The van der Waals surface area contributed by atoms with Gasteiger partial charge in [-0.1, -0.05) is 0 Å². The summed E-state index contributed by atoms with van der Waals surface area (Å²) >= 11 is 0.818. The third kappa shape index (κ3) is 3.64. The predicted molar refractivity (Wildman–Crippen MR) is 47.6 cm³/mol. The minimum absolute atomic E-state index is 0.120. The Morgan fingerprint density at radius 2 is 1.47 bits per heavy atom. The second-order valence-corrected chi connectivity index (χ2v) is 4.73. The Hall–Kier alpha value is -0.180. The first kappa shape index (κ1) is 14.9. The van der Waals surface area contributed by atoms with Crippen LogP contribution >= 0.6 is 11.8 Å². The molecule has 1 aliphatic heterocycles. The molecule has 0 amide bonds. The van der Waals surface area contributed by atoms with E-state index in [4.69, 9.17) is 4.74 Å². The van der Waals surface area contributed by atoms with Crippen LogP contribution in [-0.4, -0.2) is 42.2 Å². The van der Waals surface area contributed by atoms with Crippen molar-refractivity contribution in [1.82, 2.24) is 0 Å². The van der Waals surface area contributed by atoms with E-state index in [1.54, 1.807) is 0 Å². The van der Waals surface area contributed by atoms with Crippen LogP contribution < -0.4 is 0 Å². The van der Waals surface area contributed by atoms with E-state index >= 15 is 0 Å². The Morgan fingerprint density at radius 3 is 1.82 bits per heavy atom. The summed E-state index contributed by atoms with van der Waals surface area (Å²) in [5.41, 5.74) is -5.13. The highest BCUT2D eigenvalue weighted by Crippen LogP contribution is 2.48. The molecular formula is C8H9F7OS. The average Bonchev–Trinajstić information content (AvgIpc) is 2.91. The molecule has 0 aromatic carbocycles. The van der Waals surface area contributed by atoms with E-state index < -0.39 is 30.2 Å². The molecule has 0 radical (unpaired) electrons. The Labute approximate surface area is 96.7 Å². The Bertz CT molecular complexity index is 244. The van der Waals surface area contributed by atoms with Crippen molar-refractivity contribution in [2.24, 2.45) is 0 Å². The van der Waals surface area contributed by atoms with Gasteiger partial charge >= 0.3 is 12.4 Å². The number of hydrogen-bond donors (Lipinski definition) is 0. The summed E-state index contributed by atoms with van der Waals surface area (Å²) in [7, 11) is 0. The van der Waals surface area contributed by atoms with E-state index in [1.165, 1.54) is 0 Å². The average molecular weight is 286 g/mol. The highest BCUT2D eigenvalue weighted by atomic mass is 32.2. The number of hydrogen-bond acceptors (Lipinski definition) is 2. The van der Waals surface area contributed by atoms with Crippen LogP contribution in [0.2, 0.25) is 0 Å². The first-order valence-electron chi connectivity index (χ1n) is 4.59. The molecule has 0 bridgehead atoms. The zero-order chi connectivity index (χ0) is 13.3. The number of thioether (sulfide) groups is 1. The summed E-state index contributed by atoms with van der Waals surface area (Å²) in [6.07, 6.45) is -13.6. The topological polar surface area (TPSA) is 12.5 Å². The highest BCUT2D eigenvalue weighted by molar-refractivity contribution is 7.99. The van der Waals surface area contributed by atoms with Gasteiger partial charge in [-0.2, -0.15) is 38.1 Å². The summed E-state index contributed by atoms with van der Waals surface area (Å²) in [4.78, 5) is 0. The standard InChI is InChI=1S/C8H9F7OS/c9-6(7(10,11)12,8(13,14)15)1-2-17-4-5-3-16-5/h5H,1-4H2. The van der Waals surface area contributed by atoms with Gasteiger partial charge in [-0.3, -0.25) is 0 Å². The molecule has 1 aliphatic rings. The van der Waals surface area contributed by atoms with Crippen LogP contribution in [0.5, 0.6) is 0 Å². The van der Waals surface area contributed by atoms with Crippen LogP contribution in [0.25, 0.3) is 0 Å². The molecule has 102 valence electrons. The number of epoxide rings is 1. The van der Waals surface area contributed by atoms with Gasteiger partial charge in [0.25, 0.3) is 5.67 Å². The largest absolute Gasteiger partial charge is 0.431 e. The lowest BCUT2D eigenvalue weighted by molar-refractivity contribution is -0.341. The summed E-state index contributed by atoms with van der Waals surface area (Å²) in [5, 5.41) is 0. The Kier molecular flexibility index (Phi) is 4.23. The minimum Gasteiger partial charge on any atom is -0.372 e. The third-order valence-electron chi connectivity index (χ3n) is 2.20. The molecule has 1 heterocycles. The summed E-state index contributed by atoms with van der Waals surface area (Å²) in [6, 6.07) is 0. The number of alkyl halides is 7. The maximum atomic E-state index is 13.1. The lowest BCUT2D eigenvalue weighted by Gasteiger charge is -2.29. The molecule has 9 heteroatoms. The van der Waals surface area contributed by atoms with Crippen molar-refractivity contribution in [3.63, 3.8) is 0 Å². The van der Waals surface area contributed by atoms with Crippen LogP contribution in [0.3, 0.4) is 0 Å². The minimum atomic E-state index is -5.94. The molecule has 0 aromatic heterocycles. The molecular weight excluding hydrogens is 277 g/mol. The highest BCUT2D eigenvalue weighted by Gasteiger charge is 2.71. The SMILES string of the molecule is FC(F)(F)C(F)(CCSCC1CO1)C(F)(F)F. The zero-order valence-electron chi connectivity index (χ0n) is 8.37. The fourth-order valence-corrected chi connectivity index (χ4v) is 2.08. The molecule has 0 saturated carbocycles. The molecule has 1 unspecified atom stereocenters. The number of rotatable bonds is 5. The smallest absolute Gasteiger partial charge is 0.372 e. The van der Waals surface area contributed by atoms with Gasteiger partial charge < -0.3 is 4.74 Å². The molecule has 0 spiro atoms. The molecule has 1 rings (SSSR count). The van der Waals surface area contributed by atoms with Crippen LogP contribution in [0.15, 0.2) is 0 Å². The van der Waals surface area contributed by atoms with Crippen LogP contribution in [0.4, 0.5) is 30.7 Å². The molecule has 0 aliphatic carbocycles. The molecule has 0 N–H and O–H groups in total. The van der Waals surface area contributed by atoms with Crippen molar-refractivity contribution in [3.8, 4) is 0 Å². The van der Waals surface area contributed by atoms with Gasteiger partial charge in [-0.25, -0.2) is 4.39 Å². The summed E-state index contributed by atoms with van der Waals surface area (Å²) in [6.45, 7) is 0.451. The molecule has 17 heavy (non-hydrogen) atoms. The van der Waals surface area contributed by atoms with Crippen LogP contribution in [-0.2, 0) is 4.74 Å². The van der Waals surface area contributed by atoms with Crippen LogP contribution in [0.1, 0.15) is 6.42 Å². The monoisotopic (exact) mass is 286 g/mol. The number of ether oxygens (including phenoxy) is 1.